The van der Waals surface area contributed by atoms with Crippen molar-refractivity contribution in [1.82, 2.24) is 4.90 Å². The highest BCUT2D eigenvalue weighted by Crippen LogP contribution is 2.17. The van der Waals surface area contributed by atoms with Crippen molar-refractivity contribution in [2.45, 2.75) is 19.4 Å². The second kappa shape index (κ2) is 5.68. The number of hydrogen-bond acceptors (Lipinski definition) is 5. The van der Waals surface area contributed by atoms with Crippen LogP contribution in [0.3, 0.4) is 0 Å². The van der Waals surface area contributed by atoms with Gasteiger partial charge in [0, 0.05) is 30.8 Å². The van der Waals surface area contributed by atoms with E-state index in [0.29, 0.717) is 25.3 Å². The monoisotopic (exact) mass is 278 g/mol. The molecular weight excluding hydrogens is 260 g/mol. The SMILES string of the molecule is CC1(C)CN(CC(=O)c2ccc([N+](=O)[O-])cc2)CCO1. The smallest absolute Gasteiger partial charge is 0.269 e. The van der Waals surface area contributed by atoms with Crippen molar-refractivity contribution < 1.29 is 14.5 Å². The van der Waals surface area contributed by atoms with Gasteiger partial charge in [0.05, 0.1) is 23.7 Å². The molecule has 108 valence electrons. The molecule has 1 saturated heterocycles. The van der Waals surface area contributed by atoms with Gasteiger partial charge in [-0.3, -0.25) is 19.8 Å². The van der Waals surface area contributed by atoms with E-state index in [1.807, 2.05) is 18.7 Å². The van der Waals surface area contributed by atoms with Crippen molar-refractivity contribution >= 4 is 11.5 Å². The highest BCUT2D eigenvalue weighted by molar-refractivity contribution is 5.97. The molecule has 0 unspecified atom stereocenters. The molecule has 6 nitrogen and oxygen atoms in total. The lowest BCUT2D eigenvalue weighted by atomic mass is 10.1. The predicted octanol–water partition coefficient (Wildman–Crippen LogP) is 1.89. The Balaban J connectivity index is 1.99. The number of non-ortho nitro benzene ring substituents is 1. The van der Waals surface area contributed by atoms with Crippen molar-refractivity contribution in [3.05, 3.63) is 39.9 Å². The Bertz CT molecular complexity index is 510. The molecule has 0 amide bonds. The van der Waals surface area contributed by atoms with Crippen LogP contribution < -0.4 is 0 Å². The number of nitro groups is 1. The molecule has 0 aliphatic carbocycles. The molecule has 6 heteroatoms. The van der Waals surface area contributed by atoms with Gasteiger partial charge in [0.25, 0.3) is 5.69 Å². The second-order valence-electron chi connectivity index (χ2n) is 5.55. The third-order valence-corrected chi connectivity index (χ3v) is 3.27. The summed E-state index contributed by atoms with van der Waals surface area (Å²) in [5.41, 5.74) is 0.252. The van der Waals surface area contributed by atoms with Crippen molar-refractivity contribution in [2.75, 3.05) is 26.2 Å². The third kappa shape index (κ3) is 3.61. The molecule has 1 aliphatic heterocycles. The Labute approximate surface area is 117 Å². The van der Waals surface area contributed by atoms with Gasteiger partial charge in [0.15, 0.2) is 5.78 Å². The number of nitrogens with zero attached hydrogens (tertiary/aromatic N) is 2. The number of hydrogen-bond donors (Lipinski definition) is 0. The zero-order chi connectivity index (χ0) is 14.8. The predicted molar refractivity (Wildman–Crippen MR) is 73.9 cm³/mol. The van der Waals surface area contributed by atoms with Crippen LogP contribution in [0.5, 0.6) is 0 Å². The molecular formula is C14H18N2O4. The summed E-state index contributed by atoms with van der Waals surface area (Å²) in [6.45, 7) is 6.34. The van der Waals surface area contributed by atoms with E-state index >= 15 is 0 Å². The summed E-state index contributed by atoms with van der Waals surface area (Å²) in [4.78, 5) is 24.3. The summed E-state index contributed by atoms with van der Waals surface area (Å²) in [6.07, 6.45) is 0. The number of nitro benzene ring substituents is 1. The lowest BCUT2D eigenvalue weighted by Gasteiger charge is -2.37. The summed E-state index contributed by atoms with van der Waals surface area (Å²) in [5, 5.41) is 10.6. The fourth-order valence-corrected chi connectivity index (χ4v) is 2.31. The fourth-order valence-electron chi connectivity index (χ4n) is 2.31. The first kappa shape index (κ1) is 14.6. The largest absolute Gasteiger partial charge is 0.373 e. The highest BCUT2D eigenvalue weighted by atomic mass is 16.6. The number of ketones is 1. The van der Waals surface area contributed by atoms with Gasteiger partial charge >= 0.3 is 0 Å². The topological polar surface area (TPSA) is 72.7 Å². The van der Waals surface area contributed by atoms with Crippen LogP contribution in [0.1, 0.15) is 24.2 Å². The first-order chi connectivity index (χ1) is 9.37. The molecule has 1 fully saturated rings. The summed E-state index contributed by atoms with van der Waals surface area (Å²) in [7, 11) is 0. The number of ether oxygens (including phenoxy) is 1. The Hall–Kier alpha value is -1.79. The zero-order valence-corrected chi connectivity index (χ0v) is 11.7. The number of carbonyl (C=O) groups excluding carboxylic acids is 1. The van der Waals surface area contributed by atoms with Crippen LogP contribution in [0, 0.1) is 10.1 Å². The van der Waals surface area contributed by atoms with Crippen molar-refractivity contribution in [3.63, 3.8) is 0 Å². The number of Topliss-reactive ketones (excluding diaryl/α,β-unsaturated/α-hetero) is 1. The van der Waals surface area contributed by atoms with Crippen LogP contribution in [0.15, 0.2) is 24.3 Å². The van der Waals surface area contributed by atoms with Crippen molar-refractivity contribution in [3.8, 4) is 0 Å². The van der Waals surface area contributed by atoms with Crippen LogP contribution >= 0.6 is 0 Å². The summed E-state index contributed by atoms with van der Waals surface area (Å²) in [5.74, 6) is -0.0300. The van der Waals surface area contributed by atoms with Gasteiger partial charge in [0.2, 0.25) is 0 Å². The lowest BCUT2D eigenvalue weighted by molar-refractivity contribution is -0.384. The van der Waals surface area contributed by atoms with Crippen LogP contribution in [0.2, 0.25) is 0 Å². The van der Waals surface area contributed by atoms with E-state index < -0.39 is 4.92 Å². The number of benzene rings is 1. The average Bonchev–Trinajstić information content (AvgIpc) is 2.37. The molecule has 1 aliphatic rings. The van der Waals surface area contributed by atoms with Gasteiger partial charge in [-0.15, -0.1) is 0 Å². The molecule has 1 aromatic carbocycles. The Morgan fingerprint density at radius 2 is 2.05 bits per heavy atom. The molecule has 1 heterocycles. The minimum atomic E-state index is -0.473. The summed E-state index contributed by atoms with van der Waals surface area (Å²) in [6, 6.07) is 5.73. The minimum Gasteiger partial charge on any atom is -0.373 e. The molecule has 0 atom stereocenters. The zero-order valence-electron chi connectivity index (χ0n) is 11.7. The van der Waals surface area contributed by atoms with E-state index in [0.717, 1.165) is 6.54 Å². The van der Waals surface area contributed by atoms with Crippen LogP contribution in [-0.4, -0.2) is 47.4 Å². The Morgan fingerprint density at radius 1 is 1.40 bits per heavy atom. The van der Waals surface area contributed by atoms with E-state index in [1.54, 1.807) is 0 Å². The van der Waals surface area contributed by atoms with Gasteiger partial charge in [-0.05, 0) is 26.0 Å². The Morgan fingerprint density at radius 3 is 2.60 bits per heavy atom. The van der Waals surface area contributed by atoms with Crippen molar-refractivity contribution in [1.29, 1.82) is 0 Å². The van der Waals surface area contributed by atoms with Gasteiger partial charge in [-0.25, -0.2) is 0 Å². The van der Waals surface area contributed by atoms with E-state index in [-0.39, 0.29) is 17.1 Å². The molecule has 0 aromatic heterocycles. The van der Waals surface area contributed by atoms with Gasteiger partial charge in [-0.2, -0.15) is 0 Å². The van der Waals surface area contributed by atoms with Crippen LogP contribution in [0.4, 0.5) is 5.69 Å². The quantitative estimate of drug-likeness (QED) is 0.477. The third-order valence-electron chi connectivity index (χ3n) is 3.27. The number of rotatable bonds is 4. The first-order valence-corrected chi connectivity index (χ1v) is 6.51. The van der Waals surface area contributed by atoms with E-state index in [1.165, 1.54) is 24.3 Å². The maximum Gasteiger partial charge on any atom is 0.269 e. The second-order valence-corrected chi connectivity index (χ2v) is 5.55. The summed E-state index contributed by atoms with van der Waals surface area (Å²) < 4.78 is 5.60. The van der Waals surface area contributed by atoms with E-state index in [2.05, 4.69) is 0 Å². The summed E-state index contributed by atoms with van der Waals surface area (Å²) >= 11 is 0. The molecule has 0 N–H and O–H groups in total. The molecule has 1 aromatic rings. The fraction of sp³-hybridized carbons (Fsp3) is 0.500. The van der Waals surface area contributed by atoms with Gasteiger partial charge in [-0.1, -0.05) is 0 Å². The molecule has 0 saturated carbocycles. The van der Waals surface area contributed by atoms with Gasteiger partial charge < -0.3 is 4.74 Å². The number of morpholine rings is 1. The van der Waals surface area contributed by atoms with Crippen LogP contribution in [-0.2, 0) is 4.74 Å². The average molecular weight is 278 g/mol. The molecule has 2 rings (SSSR count). The van der Waals surface area contributed by atoms with E-state index in [9.17, 15) is 14.9 Å². The molecule has 0 radical (unpaired) electrons. The Kier molecular flexibility index (Phi) is 4.15. The van der Waals surface area contributed by atoms with Crippen LogP contribution in [0.25, 0.3) is 0 Å². The van der Waals surface area contributed by atoms with Crippen molar-refractivity contribution in [2.24, 2.45) is 0 Å². The standard InChI is InChI=1S/C14H18N2O4/c1-14(2)10-15(7-8-20-14)9-13(17)11-3-5-12(6-4-11)16(18)19/h3-6H,7-10H2,1-2H3. The number of carbonyl (C=O) groups is 1. The molecule has 0 bridgehead atoms. The van der Waals surface area contributed by atoms with E-state index in [4.69, 9.17) is 4.74 Å². The molecule has 0 spiro atoms. The maximum atomic E-state index is 12.2. The maximum absolute atomic E-state index is 12.2. The minimum absolute atomic E-state index is 0.00550. The lowest BCUT2D eigenvalue weighted by Crippen LogP contribution is -2.49. The highest BCUT2D eigenvalue weighted by Gasteiger charge is 2.28. The van der Waals surface area contributed by atoms with Gasteiger partial charge in [0.1, 0.15) is 0 Å². The molecule has 20 heavy (non-hydrogen) atoms. The normalized spacial score (nSPS) is 18.7. The first-order valence-electron chi connectivity index (χ1n) is 6.51.